The summed E-state index contributed by atoms with van der Waals surface area (Å²) in [4.78, 5) is 19.4. The molecule has 0 fully saturated rings. The molecule has 1 atom stereocenters. The Morgan fingerprint density at radius 2 is 2.00 bits per heavy atom. The number of hydrogen-bond acceptors (Lipinski definition) is 5. The molecule has 1 aliphatic rings. The van der Waals surface area contributed by atoms with Gasteiger partial charge in [0.1, 0.15) is 6.04 Å². The molecule has 0 spiro atoms. The fourth-order valence-corrected chi connectivity index (χ4v) is 3.33. The number of carbonyl (C=O) groups excluding carboxylic acids is 1. The Balaban J connectivity index is 1.60. The van der Waals surface area contributed by atoms with Crippen molar-refractivity contribution in [1.82, 2.24) is 19.7 Å². The molecular formula is C21H22N4O3. The Labute approximate surface area is 163 Å². The molecule has 3 aromatic rings. The van der Waals surface area contributed by atoms with Crippen molar-refractivity contribution < 1.29 is 14.3 Å². The number of ether oxygens (including phenoxy) is 2. The molecule has 3 heterocycles. The quantitative estimate of drug-likeness (QED) is 0.632. The lowest BCUT2D eigenvalue weighted by Crippen LogP contribution is -2.36. The Hall–Kier alpha value is -3.35. The maximum atomic E-state index is 13.4. The maximum Gasteiger partial charge on any atom is 0.248 e. The molecule has 1 amide bonds. The summed E-state index contributed by atoms with van der Waals surface area (Å²) in [6.07, 6.45) is 7.69. The summed E-state index contributed by atoms with van der Waals surface area (Å²) in [5, 5.41) is 4.27. The Morgan fingerprint density at radius 1 is 1.14 bits per heavy atom. The Kier molecular flexibility index (Phi) is 5.23. The molecule has 0 unspecified atom stereocenters. The summed E-state index contributed by atoms with van der Waals surface area (Å²) in [7, 11) is 0. The minimum atomic E-state index is -0.347. The van der Waals surface area contributed by atoms with Crippen LogP contribution in [0.5, 0.6) is 11.5 Å². The molecule has 0 saturated heterocycles. The Morgan fingerprint density at radius 3 is 2.75 bits per heavy atom. The summed E-state index contributed by atoms with van der Waals surface area (Å²) in [5.41, 5.74) is 1.96. The SMILES string of the molecule is CC[C@H](C(=O)N(Cc1cccnc1)Cc1ccc2c(c1)OCO2)n1cccn1. The van der Waals surface area contributed by atoms with Crippen LogP contribution in [0.2, 0.25) is 0 Å². The standard InChI is InChI=1S/C21H22N4O3/c1-2-18(25-10-4-9-23-25)21(26)24(14-17-5-3-8-22-12-17)13-16-6-7-19-20(11-16)28-15-27-19/h3-12,18H,2,13-15H2,1H3/t18-/m1/s1. The summed E-state index contributed by atoms with van der Waals surface area (Å²) in [5.74, 6) is 1.47. The van der Waals surface area contributed by atoms with Crippen LogP contribution in [0.25, 0.3) is 0 Å². The number of carbonyl (C=O) groups is 1. The Bertz CT molecular complexity index is 928. The van der Waals surface area contributed by atoms with Gasteiger partial charge >= 0.3 is 0 Å². The van der Waals surface area contributed by atoms with E-state index in [1.165, 1.54) is 0 Å². The molecule has 144 valence electrons. The highest BCUT2D eigenvalue weighted by Crippen LogP contribution is 2.33. The number of aromatic nitrogens is 3. The molecule has 4 rings (SSSR count). The van der Waals surface area contributed by atoms with Crippen molar-refractivity contribution in [3.63, 3.8) is 0 Å². The van der Waals surface area contributed by atoms with Gasteiger partial charge in [0, 0.05) is 37.9 Å². The third-order valence-corrected chi connectivity index (χ3v) is 4.73. The van der Waals surface area contributed by atoms with Gasteiger partial charge in [-0.3, -0.25) is 14.5 Å². The molecule has 7 nitrogen and oxygen atoms in total. The highest BCUT2D eigenvalue weighted by molar-refractivity contribution is 5.80. The predicted octanol–water partition coefficient (Wildman–Crippen LogP) is 3.19. The van der Waals surface area contributed by atoms with Crippen LogP contribution in [0.4, 0.5) is 0 Å². The van der Waals surface area contributed by atoms with Crippen molar-refractivity contribution >= 4 is 5.91 Å². The van der Waals surface area contributed by atoms with Gasteiger partial charge in [-0.05, 0) is 41.8 Å². The van der Waals surface area contributed by atoms with Gasteiger partial charge < -0.3 is 14.4 Å². The van der Waals surface area contributed by atoms with Crippen molar-refractivity contribution in [3.8, 4) is 11.5 Å². The van der Waals surface area contributed by atoms with Crippen LogP contribution >= 0.6 is 0 Å². The molecule has 0 N–H and O–H groups in total. The first kappa shape index (κ1) is 18.0. The average Bonchev–Trinajstić information content (AvgIpc) is 3.40. The van der Waals surface area contributed by atoms with Crippen LogP contribution in [-0.2, 0) is 17.9 Å². The van der Waals surface area contributed by atoms with Crippen LogP contribution in [-0.4, -0.2) is 32.4 Å². The monoisotopic (exact) mass is 378 g/mol. The number of nitrogens with zero attached hydrogens (tertiary/aromatic N) is 4. The van der Waals surface area contributed by atoms with Gasteiger partial charge in [0.05, 0.1) is 0 Å². The normalized spacial score (nSPS) is 13.3. The first-order valence-corrected chi connectivity index (χ1v) is 9.30. The third kappa shape index (κ3) is 3.83. The number of fused-ring (bicyclic) bond motifs is 1. The average molecular weight is 378 g/mol. The molecule has 0 aliphatic carbocycles. The summed E-state index contributed by atoms with van der Waals surface area (Å²) >= 11 is 0. The van der Waals surface area contributed by atoms with Crippen molar-refractivity contribution in [2.75, 3.05) is 6.79 Å². The van der Waals surface area contributed by atoms with E-state index in [2.05, 4.69) is 10.1 Å². The number of pyridine rings is 1. The second-order valence-corrected chi connectivity index (χ2v) is 6.65. The van der Waals surface area contributed by atoms with E-state index in [9.17, 15) is 4.79 Å². The zero-order valence-corrected chi connectivity index (χ0v) is 15.7. The van der Waals surface area contributed by atoms with Crippen molar-refractivity contribution in [2.45, 2.75) is 32.5 Å². The number of hydrogen-bond donors (Lipinski definition) is 0. The lowest BCUT2D eigenvalue weighted by atomic mass is 10.1. The van der Waals surface area contributed by atoms with Crippen LogP contribution in [0.3, 0.4) is 0 Å². The van der Waals surface area contributed by atoms with Gasteiger partial charge in [-0.15, -0.1) is 0 Å². The molecule has 0 bridgehead atoms. The molecule has 1 aliphatic heterocycles. The first-order chi connectivity index (χ1) is 13.7. The van der Waals surface area contributed by atoms with E-state index in [4.69, 9.17) is 9.47 Å². The van der Waals surface area contributed by atoms with Crippen LogP contribution < -0.4 is 9.47 Å². The topological polar surface area (TPSA) is 69.5 Å². The number of benzene rings is 1. The second-order valence-electron chi connectivity index (χ2n) is 6.65. The molecule has 0 radical (unpaired) electrons. The smallest absolute Gasteiger partial charge is 0.248 e. The minimum Gasteiger partial charge on any atom is -0.454 e. The number of rotatable bonds is 7. The summed E-state index contributed by atoms with van der Waals surface area (Å²) in [6.45, 7) is 3.16. The van der Waals surface area contributed by atoms with Gasteiger partial charge in [0.25, 0.3) is 0 Å². The van der Waals surface area contributed by atoms with Crippen molar-refractivity contribution in [3.05, 3.63) is 72.3 Å². The molecular weight excluding hydrogens is 356 g/mol. The lowest BCUT2D eigenvalue weighted by molar-refractivity contribution is -0.136. The highest BCUT2D eigenvalue weighted by Gasteiger charge is 2.26. The van der Waals surface area contributed by atoms with Crippen LogP contribution in [0, 0.1) is 0 Å². The fraction of sp³-hybridized carbons (Fsp3) is 0.286. The van der Waals surface area contributed by atoms with E-state index in [0.29, 0.717) is 25.3 Å². The third-order valence-electron chi connectivity index (χ3n) is 4.73. The second kappa shape index (κ2) is 8.12. The molecule has 0 saturated carbocycles. The molecule has 2 aromatic heterocycles. The number of amides is 1. The van der Waals surface area contributed by atoms with Gasteiger partial charge in [-0.2, -0.15) is 5.10 Å². The first-order valence-electron chi connectivity index (χ1n) is 9.30. The van der Waals surface area contributed by atoms with Crippen molar-refractivity contribution in [1.29, 1.82) is 0 Å². The van der Waals surface area contributed by atoms with Gasteiger partial charge in [0.15, 0.2) is 11.5 Å². The van der Waals surface area contributed by atoms with Gasteiger partial charge in [-0.1, -0.05) is 19.1 Å². The molecule has 28 heavy (non-hydrogen) atoms. The van der Waals surface area contributed by atoms with Crippen molar-refractivity contribution in [2.24, 2.45) is 0 Å². The maximum absolute atomic E-state index is 13.4. The zero-order chi connectivity index (χ0) is 19.3. The highest BCUT2D eigenvalue weighted by atomic mass is 16.7. The van der Waals surface area contributed by atoms with E-state index in [1.807, 2.05) is 54.4 Å². The largest absolute Gasteiger partial charge is 0.454 e. The molecule has 1 aromatic carbocycles. The van der Waals surface area contributed by atoms with Gasteiger partial charge in [-0.25, -0.2) is 0 Å². The lowest BCUT2D eigenvalue weighted by Gasteiger charge is -2.27. The summed E-state index contributed by atoms with van der Waals surface area (Å²) < 4.78 is 12.6. The van der Waals surface area contributed by atoms with E-state index in [-0.39, 0.29) is 18.7 Å². The summed E-state index contributed by atoms with van der Waals surface area (Å²) in [6, 6.07) is 11.1. The van der Waals surface area contributed by atoms with E-state index in [1.54, 1.807) is 23.3 Å². The van der Waals surface area contributed by atoms with Crippen LogP contribution in [0.15, 0.2) is 61.2 Å². The van der Waals surface area contributed by atoms with Crippen LogP contribution in [0.1, 0.15) is 30.5 Å². The zero-order valence-electron chi connectivity index (χ0n) is 15.7. The molecule has 7 heteroatoms. The minimum absolute atomic E-state index is 0.0210. The van der Waals surface area contributed by atoms with E-state index >= 15 is 0 Å². The fourth-order valence-electron chi connectivity index (χ4n) is 3.33. The van der Waals surface area contributed by atoms with Gasteiger partial charge in [0.2, 0.25) is 12.7 Å². The van der Waals surface area contributed by atoms with E-state index < -0.39 is 0 Å². The predicted molar refractivity (Wildman–Crippen MR) is 103 cm³/mol. The van der Waals surface area contributed by atoms with E-state index in [0.717, 1.165) is 16.9 Å².